The molecule has 2 nitrogen and oxygen atoms in total. The zero-order valence-corrected chi connectivity index (χ0v) is 13.6. The van der Waals surface area contributed by atoms with Crippen LogP contribution in [0.3, 0.4) is 0 Å². The molecule has 1 aromatic carbocycles. The molecule has 0 spiro atoms. The lowest BCUT2D eigenvalue weighted by atomic mass is 9.95. The van der Waals surface area contributed by atoms with E-state index in [2.05, 4.69) is 26.1 Å². The van der Waals surface area contributed by atoms with Gasteiger partial charge in [-0.25, -0.2) is 0 Å². The summed E-state index contributed by atoms with van der Waals surface area (Å²) in [6.07, 6.45) is 2.48. The molecule has 1 unspecified atom stereocenters. The lowest BCUT2D eigenvalue weighted by Crippen LogP contribution is -2.32. The highest BCUT2D eigenvalue weighted by Gasteiger charge is 2.21. The molecule has 0 aromatic heterocycles. The van der Waals surface area contributed by atoms with Gasteiger partial charge in [0.2, 0.25) is 0 Å². The van der Waals surface area contributed by atoms with Crippen molar-refractivity contribution in [2.24, 2.45) is 5.92 Å². The van der Waals surface area contributed by atoms with Crippen molar-refractivity contribution >= 4 is 17.5 Å². The molecule has 110 valence electrons. The van der Waals surface area contributed by atoms with E-state index in [4.69, 9.17) is 0 Å². The molecule has 3 heteroatoms. The van der Waals surface area contributed by atoms with Crippen LogP contribution in [0, 0.1) is 19.8 Å². The molecule has 0 aliphatic carbocycles. The number of aryl methyl sites for hydroxylation is 2. The minimum atomic E-state index is 0.263. The molecular weight excluding hydrogens is 266 g/mol. The molecule has 0 saturated carbocycles. The molecule has 1 saturated heterocycles. The predicted octanol–water partition coefficient (Wildman–Crippen LogP) is 3.61. The fourth-order valence-electron chi connectivity index (χ4n) is 2.66. The molecule has 1 heterocycles. The van der Waals surface area contributed by atoms with E-state index < -0.39 is 0 Å². The molecule has 0 amide bonds. The maximum Gasteiger partial charge on any atom is 0.172 e. The molecule has 1 aliphatic heterocycles. The van der Waals surface area contributed by atoms with E-state index in [-0.39, 0.29) is 5.78 Å². The van der Waals surface area contributed by atoms with Gasteiger partial charge in [-0.2, -0.15) is 11.8 Å². The third-order valence-electron chi connectivity index (χ3n) is 4.35. The topological polar surface area (TPSA) is 29.1 Å². The van der Waals surface area contributed by atoms with Crippen LogP contribution in [0.4, 0.5) is 0 Å². The zero-order chi connectivity index (χ0) is 14.5. The summed E-state index contributed by atoms with van der Waals surface area (Å²) in [5.74, 6) is 1.63. The first-order valence-electron chi connectivity index (χ1n) is 7.50. The Hall–Kier alpha value is -0.800. The lowest BCUT2D eigenvalue weighted by Gasteiger charge is -2.27. The molecule has 1 aromatic rings. The van der Waals surface area contributed by atoms with E-state index in [0.29, 0.717) is 11.0 Å². The monoisotopic (exact) mass is 291 g/mol. The van der Waals surface area contributed by atoms with Crippen molar-refractivity contribution in [3.8, 4) is 0 Å². The van der Waals surface area contributed by atoms with Gasteiger partial charge < -0.3 is 5.32 Å². The van der Waals surface area contributed by atoms with Gasteiger partial charge in [-0.3, -0.25) is 4.79 Å². The maximum atomic E-state index is 12.3. The molecule has 1 N–H and O–H groups in total. The quantitative estimate of drug-likeness (QED) is 0.840. The predicted molar refractivity (Wildman–Crippen MR) is 87.8 cm³/mol. The second kappa shape index (κ2) is 7.28. The van der Waals surface area contributed by atoms with Gasteiger partial charge >= 0.3 is 0 Å². The first-order valence-corrected chi connectivity index (χ1v) is 8.55. The van der Waals surface area contributed by atoms with Gasteiger partial charge in [-0.05, 0) is 62.9 Å². The van der Waals surface area contributed by atoms with E-state index in [9.17, 15) is 4.79 Å². The summed E-state index contributed by atoms with van der Waals surface area (Å²) in [4.78, 5) is 12.3. The minimum absolute atomic E-state index is 0.263. The Morgan fingerprint density at radius 1 is 1.30 bits per heavy atom. The molecule has 2 rings (SSSR count). The summed E-state index contributed by atoms with van der Waals surface area (Å²) in [5, 5.41) is 3.97. The van der Waals surface area contributed by atoms with Gasteiger partial charge in [-0.15, -0.1) is 0 Å². The summed E-state index contributed by atoms with van der Waals surface area (Å²) in [6.45, 7) is 8.67. The van der Waals surface area contributed by atoms with Crippen molar-refractivity contribution in [2.45, 2.75) is 38.9 Å². The Balaban J connectivity index is 1.86. The Morgan fingerprint density at radius 2 is 2.00 bits per heavy atom. The number of thioether (sulfide) groups is 1. The van der Waals surface area contributed by atoms with Crippen molar-refractivity contribution < 1.29 is 4.79 Å². The number of piperidine rings is 1. The summed E-state index contributed by atoms with van der Waals surface area (Å²) < 4.78 is 0. The van der Waals surface area contributed by atoms with Gasteiger partial charge in [-0.1, -0.05) is 19.1 Å². The van der Waals surface area contributed by atoms with Crippen LogP contribution in [0.5, 0.6) is 0 Å². The zero-order valence-electron chi connectivity index (χ0n) is 12.7. The van der Waals surface area contributed by atoms with Crippen LogP contribution in [0.1, 0.15) is 41.3 Å². The molecule has 1 atom stereocenters. The van der Waals surface area contributed by atoms with Gasteiger partial charge in [0.25, 0.3) is 0 Å². The maximum absolute atomic E-state index is 12.3. The van der Waals surface area contributed by atoms with Crippen molar-refractivity contribution in [1.29, 1.82) is 0 Å². The molecular formula is C17H25NOS. The Kier molecular flexibility index (Phi) is 5.67. The number of rotatable bonds is 5. The number of Topliss-reactive ketones (excluding diaryl/α,β-unsaturated/α-hetero) is 1. The number of carbonyl (C=O) groups is 1. The normalized spacial score (nSPS) is 17.9. The summed E-state index contributed by atoms with van der Waals surface area (Å²) in [7, 11) is 0. The van der Waals surface area contributed by atoms with Crippen LogP contribution in [-0.4, -0.2) is 29.9 Å². The highest BCUT2D eigenvalue weighted by molar-refractivity contribution is 8.00. The average molecular weight is 291 g/mol. The molecule has 1 aliphatic rings. The second-order valence-corrected chi connectivity index (χ2v) is 7.19. The van der Waals surface area contributed by atoms with E-state index in [1.54, 1.807) is 0 Å². The fraction of sp³-hybridized carbons (Fsp3) is 0.588. The minimum Gasteiger partial charge on any atom is -0.317 e. The Bertz CT molecular complexity index is 466. The van der Waals surface area contributed by atoms with Gasteiger partial charge in [0.15, 0.2) is 5.78 Å². The Labute approximate surface area is 126 Å². The number of ketones is 1. The van der Waals surface area contributed by atoms with Crippen LogP contribution in [-0.2, 0) is 0 Å². The number of carbonyl (C=O) groups excluding carboxylic acids is 1. The van der Waals surface area contributed by atoms with Crippen LogP contribution in [0.2, 0.25) is 0 Å². The number of hydrogen-bond donors (Lipinski definition) is 1. The number of hydrogen-bond acceptors (Lipinski definition) is 3. The smallest absolute Gasteiger partial charge is 0.172 e. The SMILES string of the molecule is Cc1ccc(C(=O)CSC(C)C2CCNCC2)cc1C. The third-order valence-corrected chi connectivity index (χ3v) is 5.69. The van der Waals surface area contributed by atoms with Gasteiger partial charge in [0.05, 0.1) is 5.75 Å². The summed E-state index contributed by atoms with van der Waals surface area (Å²) >= 11 is 1.82. The summed E-state index contributed by atoms with van der Waals surface area (Å²) in [5.41, 5.74) is 3.31. The van der Waals surface area contributed by atoms with Crippen LogP contribution < -0.4 is 5.32 Å². The van der Waals surface area contributed by atoms with E-state index >= 15 is 0 Å². The van der Waals surface area contributed by atoms with Gasteiger partial charge in [0, 0.05) is 10.8 Å². The number of nitrogens with one attached hydrogen (secondary N) is 1. The summed E-state index contributed by atoms with van der Waals surface area (Å²) in [6, 6.07) is 6.03. The molecule has 20 heavy (non-hydrogen) atoms. The first kappa shape index (κ1) is 15.6. The van der Waals surface area contributed by atoms with Crippen LogP contribution in [0.15, 0.2) is 18.2 Å². The van der Waals surface area contributed by atoms with Crippen LogP contribution >= 0.6 is 11.8 Å². The van der Waals surface area contributed by atoms with Crippen molar-refractivity contribution in [1.82, 2.24) is 5.32 Å². The van der Waals surface area contributed by atoms with Crippen molar-refractivity contribution in [3.05, 3.63) is 34.9 Å². The highest BCUT2D eigenvalue weighted by Crippen LogP contribution is 2.27. The van der Waals surface area contributed by atoms with Gasteiger partial charge in [0.1, 0.15) is 0 Å². The first-order chi connectivity index (χ1) is 9.58. The van der Waals surface area contributed by atoms with Crippen molar-refractivity contribution in [3.63, 3.8) is 0 Å². The average Bonchev–Trinajstić information content (AvgIpc) is 2.48. The third kappa shape index (κ3) is 4.10. The lowest BCUT2D eigenvalue weighted by molar-refractivity contribution is 0.102. The molecule has 0 radical (unpaired) electrons. The number of benzene rings is 1. The van der Waals surface area contributed by atoms with Crippen LogP contribution in [0.25, 0.3) is 0 Å². The van der Waals surface area contributed by atoms with E-state index in [1.807, 2.05) is 30.0 Å². The largest absolute Gasteiger partial charge is 0.317 e. The molecule has 1 fully saturated rings. The second-order valence-electron chi connectivity index (χ2n) is 5.83. The molecule has 0 bridgehead atoms. The standard InChI is InChI=1S/C17H25NOS/c1-12-4-5-16(10-13(12)2)17(19)11-20-14(3)15-6-8-18-9-7-15/h4-5,10,14-15,18H,6-9,11H2,1-3H3. The van der Waals surface area contributed by atoms with Crippen molar-refractivity contribution in [2.75, 3.05) is 18.8 Å². The highest BCUT2D eigenvalue weighted by atomic mass is 32.2. The Morgan fingerprint density at radius 3 is 2.65 bits per heavy atom. The van der Waals surface area contributed by atoms with E-state index in [1.165, 1.54) is 24.0 Å². The fourth-order valence-corrected chi connectivity index (χ4v) is 3.78. The van der Waals surface area contributed by atoms with E-state index in [0.717, 1.165) is 24.6 Å².